The molecule has 0 spiro atoms. The van der Waals surface area contributed by atoms with Crippen LogP contribution in [-0.2, 0) is 5.60 Å². The maximum atomic E-state index is 12.1. The molecule has 124 valence electrons. The Labute approximate surface area is 136 Å². The topological polar surface area (TPSA) is 77.7 Å². The van der Waals surface area contributed by atoms with Gasteiger partial charge in [-0.25, -0.2) is 4.79 Å². The zero-order valence-corrected chi connectivity index (χ0v) is 13.7. The van der Waals surface area contributed by atoms with Crippen LogP contribution in [0.1, 0.15) is 19.6 Å². The van der Waals surface area contributed by atoms with Gasteiger partial charge in [0, 0.05) is 13.6 Å². The normalized spacial score (nSPS) is 13.2. The van der Waals surface area contributed by atoms with E-state index in [1.54, 1.807) is 19.1 Å². The number of nitrogens with zero attached hydrogens (tertiary/aromatic N) is 1. The lowest BCUT2D eigenvalue weighted by Crippen LogP contribution is -2.40. The quantitative estimate of drug-likeness (QED) is 0.765. The number of para-hydroxylation sites is 2. The molecule has 0 saturated carbocycles. The Hall–Kier alpha value is -2.47. The summed E-state index contributed by atoms with van der Waals surface area (Å²) in [5, 5.41) is 15.8. The Kier molecular flexibility index (Phi) is 5.28. The molecule has 0 aliphatic rings. The number of amides is 2. The lowest BCUT2D eigenvalue weighted by Gasteiger charge is -2.23. The van der Waals surface area contributed by atoms with E-state index < -0.39 is 5.60 Å². The predicted molar refractivity (Wildman–Crippen MR) is 90.7 cm³/mol. The number of anilines is 2. The number of aliphatic hydroxyl groups is 1. The molecule has 2 amide bonds. The predicted octanol–water partition coefficient (Wildman–Crippen LogP) is 2.76. The van der Waals surface area contributed by atoms with Gasteiger partial charge in [-0.1, -0.05) is 12.1 Å². The summed E-state index contributed by atoms with van der Waals surface area (Å²) in [5.41, 5.74) is 0.385. The summed E-state index contributed by atoms with van der Waals surface area (Å²) in [6.45, 7) is 4.49. The van der Waals surface area contributed by atoms with Gasteiger partial charge in [-0.05, 0) is 38.1 Å². The smallest absolute Gasteiger partial charge is 0.319 e. The van der Waals surface area contributed by atoms with Crippen molar-refractivity contribution in [3.05, 3.63) is 48.4 Å². The first-order valence-corrected chi connectivity index (χ1v) is 7.55. The van der Waals surface area contributed by atoms with Crippen molar-refractivity contribution in [2.24, 2.45) is 0 Å². The third-order valence-electron chi connectivity index (χ3n) is 3.68. The Morgan fingerprint density at radius 2 is 2.04 bits per heavy atom. The third-order valence-corrected chi connectivity index (χ3v) is 3.68. The van der Waals surface area contributed by atoms with Crippen molar-refractivity contribution in [3.8, 4) is 0 Å². The molecule has 6 nitrogen and oxygen atoms in total. The largest absolute Gasteiger partial charge is 0.466 e. The first-order valence-electron chi connectivity index (χ1n) is 7.55. The zero-order valence-electron chi connectivity index (χ0n) is 13.7. The maximum Gasteiger partial charge on any atom is 0.319 e. The fourth-order valence-electron chi connectivity index (χ4n) is 2.17. The number of hydrogen-bond donors (Lipinski definition) is 3. The van der Waals surface area contributed by atoms with Gasteiger partial charge in [0.15, 0.2) is 0 Å². The third kappa shape index (κ3) is 4.26. The van der Waals surface area contributed by atoms with Gasteiger partial charge in [0.2, 0.25) is 0 Å². The van der Waals surface area contributed by atoms with E-state index >= 15 is 0 Å². The van der Waals surface area contributed by atoms with Crippen LogP contribution in [-0.4, -0.2) is 31.3 Å². The van der Waals surface area contributed by atoms with Crippen molar-refractivity contribution in [1.82, 2.24) is 5.32 Å². The van der Waals surface area contributed by atoms with E-state index in [0.29, 0.717) is 11.4 Å². The van der Waals surface area contributed by atoms with E-state index in [1.165, 1.54) is 6.26 Å². The fraction of sp³-hybridized carbons (Fsp3) is 0.353. The molecule has 0 radical (unpaired) electrons. The number of rotatable bonds is 6. The molecule has 0 bridgehead atoms. The summed E-state index contributed by atoms with van der Waals surface area (Å²) >= 11 is 0. The highest BCUT2D eigenvalue weighted by Gasteiger charge is 2.26. The van der Waals surface area contributed by atoms with Crippen LogP contribution in [0.15, 0.2) is 47.1 Å². The minimum Gasteiger partial charge on any atom is -0.466 e. The maximum absolute atomic E-state index is 12.1. The van der Waals surface area contributed by atoms with E-state index in [1.807, 2.05) is 43.1 Å². The summed E-state index contributed by atoms with van der Waals surface area (Å²) in [4.78, 5) is 14.1. The van der Waals surface area contributed by atoms with E-state index in [-0.39, 0.29) is 12.6 Å². The lowest BCUT2D eigenvalue weighted by atomic mass is 10.0. The zero-order chi connectivity index (χ0) is 16.9. The highest BCUT2D eigenvalue weighted by Crippen LogP contribution is 2.24. The Bertz CT molecular complexity index is 638. The van der Waals surface area contributed by atoms with Crippen molar-refractivity contribution >= 4 is 17.4 Å². The summed E-state index contributed by atoms with van der Waals surface area (Å²) < 4.78 is 5.19. The van der Waals surface area contributed by atoms with E-state index in [2.05, 4.69) is 10.6 Å². The molecule has 23 heavy (non-hydrogen) atoms. The van der Waals surface area contributed by atoms with Crippen LogP contribution in [0, 0.1) is 0 Å². The van der Waals surface area contributed by atoms with E-state index in [0.717, 1.165) is 12.2 Å². The van der Waals surface area contributed by atoms with Crippen molar-refractivity contribution < 1.29 is 14.3 Å². The monoisotopic (exact) mass is 317 g/mol. The molecule has 2 aromatic rings. The SMILES string of the molecule is CCN(C)c1ccccc1NC(=O)NC[C@@](C)(O)c1ccco1. The van der Waals surface area contributed by atoms with Crippen LogP contribution in [0.25, 0.3) is 0 Å². The molecule has 0 aliphatic carbocycles. The average molecular weight is 317 g/mol. The molecule has 6 heteroatoms. The van der Waals surface area contributed by atoms with Crippen molar-refractivity contribution in [3.63, 3.8) is 0 Å². The van der Waals surface area contributed by atoms with Crippen molar-refractivity contribution in [2.75, 3.05) is 30.4 Å². The standard InChI is InChI=1S/C17H23N3O3/c1-4-20(3)14-9-6-5-8-13(14)19-16(21)18-12-17(2,22)15-10-7-11-23-15/h5-11,22H,4,12H2,1-3H3,(H2,18,19,21)/t17-/m1/s1. The summed E-state index contributed by atoms with van der Waals surface area (Å²) in [6.07, 6.45) is 1.49. The second-order valence-corrected chi connectivity index (χ2v) is 5.59. The molecule has 0 fully saturated rings. The van der Waals surface area contributed by atoms with Crippen LogP contribution >= 0.6 is 0 Å². The molecular weight excluding hydrogens is 294 g/mol. The molecule has 1 aromatic heterocycles. The first-order chi connectivity index (χ1) is 10.9. The molecule has 1 heterocycles. The van der Waals surface area contributed by atoms with Crippen LogP contribution in [0.2, 0.25) is 0 Å². The van der Waals surface area contributed by atoms with Gasteiger partial charge in [-0.3, -0.25) is 0 Å². The van der Waals surface area contributed by atoms with Crippen LogP contribution in [0.3, 0.4) is 0 Å². The summed E-state index contributed by atoms with van der Waals surface area (Å²) in [5.74, 6) is 0.406. The minimum absolute atomic E-state index is 0.0398. The van der Waals surface area contributed by atoms with Gasteiger partial charge < -0.3 is 25.1 Å². The minimum atomic E-state index is -1.26. The fourth-order valence-corrected chi connectivity index (χ4v) is 2.17. The van der Waals surface area contributed by atoms with Crippen LogP contribution in [0.4, 0.5) is 16.2 Å². The van der Waals surface area contributed by atoms with Gasteiger partial charge in [0.1, 0.15) is 11.4 Å². The Morgan fingerprint density at radius 1 is 1.30 bits per heavy atom. The molecule has 2 rings (SSSR count). The van der Waals surface area contributed by atoms with Crippen molar-refractivity contribution in [1.29, 1.82) is 0 Å². The van der Waals surface area contributed by atoms with Crippen LogP contribution in [0.5, 0.6) is 0 Å². The number of hydrogen-bond acceptors (Lipinski definition) is 4. The van der Waals surface area contributed by atoms with Gasteiger partial charge >= 0.3 is 6.03 Å². The van der Waals surface area contributed by atoms with Crippen LogP contribution < -0.4 is 15.5 Å². The van der Waals surface area contributed by atoms with Gasteiger partial charge in [0.25, 0.3) is 0 Å². The molecule has 1 atom stereocenters. The van der Waals surface area contributed by atoms with E-state index in [9.17, 15) is 9.90 Å². The van der Waals surface area contributed by atoms with Crippen molar-refractivity contribution in [2.45, 2.75) is 19.4 Å². The second-order valence-electron chi connectivity index (χ2n) is 5.59. The Morgan fingerprint density at radius 3 is 2.70 bits per heavy atom. The summed E-state index contributed by atoms with van der Waals surface area (Å²) in [6, 6.07) is 10.6. The summed E-state index contributed by atoms with van der Waals surface area (Å²) in [7, 11) is 1.96. The molecule has 0 saturated heterocycles. The molecule has 0 aliphatic heterocycles. The number of benzene rings is 1. The van der Waals surface area contributed by atoms with E-state index in [4.69, 9.17) is 4.42 Å². The molecule has 0 unspecified atom stereocenters. The second kappa shape index (κ2) is 7.19. The number of carbonyl (C=O) groups excluding carboxylic acids is 1. The molecular formula is C17H23N3O3. The lowest BCUT2D eigenvalue weighted by molar-refractivity contribution is 0.0372. The highest BCUT2D eigenvalue weighted by atomic mass is 16.4. The van der Waals surface area contributed by atoms with Gasteiger partial charge in [-0.2, -0.15) is 0 Å². The Balaban J connectivity index is 1.98. The highest BCUT2D eigenvalue weighted by molar-refractivity contribution is 5.93. The molecule has 3 N–H and O–H groups in total. The average Bonchev–Trinajstić information content (AvgIpc) is 3.08. The van der Waals surface area contributed by atoms with Gasteiger partial charge in [-0.15, -0.1) is 0 Å². The number of furan rings is 1. The number of urea groups is 1. The molecule has 1 aromatic carbocycles. The number of carbonyl (C=O) groups is 1. The van der Waals surface area contributed by atoms with Gasteiger partial charge in [0.05, 0.1) is 24.2 Å². The number of nitrogens with one attached hydrogen (secondary N) is 2. The first kappa shape index (κ1) is 16.9.